The lowest BCUT2D eigenvalue weighted by Gasteiger charge is -2.31. The molecule has 2 aromatic heterocycles. The second-order valence-electron chi connectivity index (χ2n) is 7.49. The van der Waals surface area contributed by atoms with Gasteiger partial charge in [-0.1, -0.05) is 12.1 Å². The van der Waals surface area contributed by atoms with Crippen LogP contribution in [0.5, 0.6) is 0 Å². The summed E-state index contributed by atoms with van der Waals surface area (Å²) < 4.78 is 1.90. The summed E-state index contributed by atoms with van der Waals surface area (Å²) in [5, 5.41) is 14.3. The number of hydrogen-bond acceptors (Lipinski definition) is 4. The molecule has 1 aliphatic heterocycles. The molecule has 28 heavy (non-hydrogen) atoms. The molecule has 7 nitrogen and oxygen atoms in total. The summed E-state index contributed by atoms with van der Waals surface area (Å²) in [6.45, 7) is 4.75. The minimum Gasteiger partial charge on any atom is -0.326 e. The van der Waals surface area contributed by atoms with E-state index >= 15 is 0 Å². The van der Waals surface area contributed by atoms with Gasteiger partial charge in [-0.25, -0.2) is 0 Å². The Bertz CT molecular complexity index is 928. The van der Waals surface area contributed by atoms with Crippen LogP contribution in [-0.2, 0) is 18.4 Å². The van der Waals surface area contributed by atoms with E-state index in [4.69, 9.17) is 0 Å². The van der Waals surface area contributed by atoms with Crippen LogP contribution < -0.4 is 5.32 Å². The Kier molecular flexibility index (Phi) is 5.25. The topological polar surface area (TPSA) is 78.8 Å². The maximum Gasteiger partial charge on any atom is 0.228 e. The summed E-state index contributed by atoms with van der Waals surface area (Å²) in [5.41, 5.74) is 5.26. The molecule has 7 heteroatoms. The third kappa shape index (κ3) is 3.99. The normalized spacial score (nSPS) is 17.6. The molecule has 1 aliphatic rings. The second kappa shape index (κ2) is 7.98. The largest absolute Gasteiger partial charge is 0.326 e. The summed E-state index contributed by atoms with van der Waals surface area (Å²) in [6.07, 6.45) is 5.63. The number of hydrogen-bond donors (Lipinski definition) is 2. The molecule has 1 aromatic carbocycles. The van der Waals surface area contributed by atoms with Crippen molar-refractivity contribution in [3.05, 3.63) is 54.0 Å². The standard InChI is InChI=1S/C21H26N6O/c1-15-18(12-23-26(15)2)14-27-11-3-4-17(13-27)21(28)24-19-7-5-16(6-8-19)20-9-10-22-25-20/h5-10,12,17H,3-4,11,13-14H2,1-2H3,(H,22,25)(H,24,28). The van der Waals surface area contributed by atoms with E-state index in [1.54, 1.807) is 6.20 Å². The van der Waals surface area contributed by atoms with Crippen molar-refractivity contribution < 1.29 is 4.79 Å². The smallest absolute Gasteiger partial charge is 0.228 e. The molecule has 3 heterocycles. The van der Waals surface area contributed by atoms with Crippen molar-refractivity contribution in [2.24, 2.45) is 13.0 Å². The number of aromatic amines is 1. The first kappa shape index (κ1) is 18.4. The molecule has 3 aromatic rings. The molecular formula is C21H26N6O. The van der Waals surface area contributed by atoms with Crippen LogP contribution >= 0.6 is 0 Å². The van der Waals surface area contributed by atoms with E-state index in [1.165, 1.54) is 11.3 Å². The zero-order chi connectivity index (χ0) is 19.5. The Hall–Kier alpha value is -2.93. The van der Waals surface area contributed by atoms with Crippen LogP contribution in [0.1, 0.15) is 24.1 Å². The fraction of sp³-hybridized carbons (Fsp3) is 0.381. The molecule has 0 radical (unpaired) electrons. The van der Waals surface area contributed by atoms with Gasteiger partial charge in [0.25, 0.3) is 0 Å². The first-order valence-electron chi connectivity index (χ1n) is 9.70. The molecule has 0 saturated carbocycles. The van der Waals surface area contributed by atoms with Gasteiger partial charge in [-0.15, -0.1) is 0 Å². The van der Waals surface area contributed by atoms with Crippen LogP contribution in [0.2, 0.25) is 0 Å². The van der Waals surface area contributed by atoms with Gasteiger partial charge in [0.2, 0.25) is 5.91 Å². The fourth-order valence-corrected chi connectivity index (χ4v) is 3.75. The number of piperidine rings is 1. The van der Waals surface area contributed by atoms with E-state index in [9.17, 15) is 4.79 Å². The predicted octanol–water partition coefficient (Wildman–Crippen LogP) is 2.97. The van der Waals surface area contributed by atoms with Gasteiger partial charge in [0.1, 0.15) is 0 Å². The molecule has 1 saturated heterocycles. The van der Waals surface area contributed by atoms with Gasteiger partial charge in [-0.05, 0) is 50.1 Å². The van der Waals surface area contributed by atoms with Crippen LogP contribution in [0.15, 0.2) is 42.7 Å². The molecule has 146 valence electrons. The molecule has 1 unspecified atom stereocenters. The number of likely N-dealkylation sites (tertiary alicyclic amines) is 1. The van der Waals surface area contributed by atoms with E-state index in [1.807, 2.05) is 48.3 Å². The minimum absolute atomic E-state index is 0.0120. The zero-order valence-corrected chi connectivity index (χ0v) is 16.4. The summed E-state index contributed by atoms with van der Waals surface area (Å²) in [6, 6.07) is 9.78. The number of rotatable bonds is 5. The number of nitrogens with one attached hydrogen (secondary N) is 2. The Morgan fingerprint density at radius 1 is 1.29 bits per heavy atom. The number of nitrogens with zero attached hydrogens (tertiary/aromatic N) is 4. The number of carbonyl (C=O) groups excluding carboxylic acids is 1. The predicted molar refractivity (Wildman–Crippen MR) is 109 cm³/mol. The number of anilines is 1. The van der Waals surface area contributed by atoms with Crippen molar-refractivity contribution in [3.8, 4) is 11.3 Å². The molecule has 1 atom stereocenters. The number of benzene rings is 1. The lowest BCUT2D eigenvalue weighted by Crippen LogP contribution is -2.40. The van der Waals surface area contributed by atoms with Crippen molar-refractivity contribution >= 4 is 11.6 Å². The average molecular weight is 378 g/mol. The van der Waals surface area contributed by atoms with Crippen LogP contribution in [0.3, 0.4) is 0 Å². The molecular weight excluding hydrogens is 352 g/mol. The van der Waals surface area contributed by atoms with E-state index in [0.717, 1.165) is 49.4 Å². The SMILES string of the molecule is Cc1c(CN2CCCC(C(=O)Nc3ccc(-c4ccn[nH]4)cc3)C2)cnn1C. The van der Waals surface area contributed by atoms with E-state index < -0.39 is 0 Å². The summed E-state index contributed by atoms with van der Waals surface area (Å²) in [5.74, 6) is 0.111. The van der Waals surface area contributed by atoms with E-state index in [-0.39, 0.29) is 11.8 Å². The summed E-state index contributed by atoms with van der Waals surface area (Å²) >= 11 is 0. The molecule has 1 amide bonds. The quantitative estimate of drug-likeness (QED) is 0.715. The highest BCUT2D eigenvalue weighted by molar-refractivity contribution is 5.93. The van der Waals surface area contributed by atoms with Crippen LogP contribution in [-0.4, -0.2) is 43.9 Å². The third-order valence-corrected chi connectivity index (χ3v) is 5.57. The molecule has 1 fully saturated rings. The Morgan fingerprint density at radius 3 is 2.79 bits per heavy atom. The molecule has 0 spiro atoms. The molecule has 0 bridgehead atoms. The highest BCUT2D eigenvalue weighted by Crippen LogP contribution is 2.23. The molecule has 0 aliphatic carbocycles. The highest BCUT2D eigenvalue weighted by Gasteiger charge is 2.26. The fourth-order valence-electron chi connectivity index (χ4n) is 3.75. The van der Waals surface area contributed by atoms with E-state index in [2.05, 4.69) is 32.4 Å². The number of carbonyl (C=O) groups is 1. The second-order valence-corrected chi connectivity index (χ2v) is 7.49. The summed E-state index contributed by atoms with van der Waals surface area (Å²) in [7, 11) is 1.96. The van der Waals surface area contributed by atoms with Crippen molar-refractivity contribution in [2.45, 2.75) is 26.3 Å². The molecule has 4 rings (SSSR count). The Balaban J connectivity index is 1.35. The monoisotopic (exact) mass is 378 g/mol. The first-order valence-corrected chi connectivity index (χ1v) is 9.70. The van der Waals surface area contributed by atoms with Gasteiger partial charge in [0.15, 0.2) is 0 Å². The Morgan fingerprint density at radius 2 is 2.11 bits per heavy atom. The van der Waals surface area contributed by atoms with Crippen LogP contribution in [0.4, 0.5) is 5.69 Å². The van der Waals surface area contributed by atoms with Crippen LogP contribution in [0, 0.1) is 12.8 Å². The first-order chi connectivity index (χ1) is 13.6. The van der Waals surface area contributed by atoms with Crippen molar-refractivity contribution in [2.75, 3.05) is 18.4 Å². The van der Waals surface area contributed by atoms with Gasteiger partial charge < -0.3 is 5.32 Å². The van der Waals surface area contributed by atoms with Gasteiger partial charge in [0.05, 0.1) is 17.8 Å². The maximum atomic E-state index is 12.8. The van der Waals surface area contributed by atoms with Gasteiger partial charge in [0, 0.05) is 43.3 Å². The lowest BCUT2D eigenvalue weighted by molar-refractivity contribution is -0.121. The van der Waals surface area contributed by atoms with Gasteiger partial charge >= 0.3 is 0 Å². The lowest BCUT2D eigenvalue weighted by atomic mass is 9.96. The molecule has 2 N–H and O–H groups in total. The number of aromatic nitrogens is 4. The van der Waals surface area contributed by atoms with Crippen LogP contribution in [0.25, 0.3) is 11.3 Å². The van der Waals surface area contributed by atoms with Gasteiger partial charge in [-0.2, -0.15) is 10.2 Å². The van der Waals surface area contributed by atoms with Crippen molar-refractivity contribution in [3.63, 3.8) is 0 Å². The number of H-pyrrole nitrogens is 1. The van der Waals surface area contributed by atoms with Gasteiger partial charge in [-0.3, -0.25) is 19.5 Å². The van der Waals surface area contributed by atoms with Crippen molar-refractivity contribution in [1.29, 1.82) is 0 Å². The Labute approximate surface area is 164 Å². The summed E-state index contributed by atoms with van der Waals surface area (Å²) in [4.78, 5) is 15.1. The third-order valence-electron chi connectivity index (χ3n) is 5.57. The maximum absolute atomic E-state index is 12.8. The minimum atomic E-state index is 0.0120. The average Bonchev–Trinajstić information content (AvgIpc) is 3.35. The number of aryl methyl sites for hydroxylation is 1. The highest BCUT2D eigenvalue weighted by atomic mass is 16.1. The van der Waals surface area contributed by atoms with E-state index in [0.29, 0.717) is 0 Å². The number of amides is 1. The zero-order valence-electron chi connectivity index (χ0n) is 16.4. The van der Waals surface area contributed by atoms with Crippen molar-refractivity contribution in [1.82, 2.24) is 24.9 Å².